The van der Waals surface area contributed by atoms with Crippen LogP contribution in [0, 0.1) is 5.92 Å². The molecule has 1 fully saturated rings. The summed E-state index contributed by atoms with van der Waals surface area (Å²) in [4.78, 5) is 16.1. The number of para-hydroxylation sites is 2. The quantitative estimate of drug-likeness (QED) is 0.408. The third-order valence-corrected chi connectivity index (χ3v) is 4.07. The molecule has 0 bridgehead atoms. The van der Waals surface area contributed by atoms with Crippen molar-refractivity contribution in [1.82, 2.24) is 9.66 Å². The van der Waals surface area contributed by atoms with Crippen LogP contribution in [0.2, 0.25) is 0 Å². The highest BCUT2D eigenvalue weighted by Gasteiger charge is 2.32. The number of carbonyl (C=O) groups excluding carboxylic acids is 1. The van der Waals surface area contributed by atoms with E-state index in [1.54, 1.807) is 36.5 Å². The molecular weight excluding hydrogens is 318 g/mol. The molecule has 1 aliphatic rings. The zero-order valence-corrected chi connectivity index (χ0v) is 13.8. The first-order valence-corrected chi connectivity index (χ1v) is 8.11. The second-order valence-corrected chi connectivity index (χ2v) is 5.93. The molecule has 0 amide bonds. The van der Waals surface area contributed by atoms with Crippen molar-refractivity contribution in [2.45, 2.75) is 12.8 Å². The van der Waals surface area contributed by atoms with Gasteiger partial charge in [-0.1, -0.05) is 12.1 Å². The Labute approximate surface area is 144 Å². The van der Waals surface area contributed by atoms with Crippen LogP contribution in [0.25, 0.3) is 11.0 Å². The predicted molar refractivity (Wildman–Crippen MR) is 94.1 cm³/mol. The first-order chi connectivity index (χ1) is 12.2. The molecule has 6 heteroatoms. The molecule has 1 aromatic heterocycles. The molecule has 4 rings (SSSR count). The maximum absolute atomic E-state index is 11.8. The molecule has 25 heavy (non-hydrogen) atoms. The molecule has 1 heterocycles. The Balaban J connectivity index is 1.56. The number of benzene rings is 2. The third kappa shape index (κ3) is 3.24. The summed E-state index contributed by atoms with van der Waals surface area (Å²) in [5.41, 5.74) is 2.65. The first-order valence-electron chi connectivity index (χ1n) is 8.11. The molecule has 6 nitrogen and oxygen atoms in total. The van der Waals surface area contributed by atoms with E-state index >= 15 is 0 Å². The topological polar surface area (TPSA) is 65.7 Å². The Hall–Kier alpha value is -3.15. The average molecular weight is 335 g/mol. The fraction of sp³-hybridized carbons (Fsp3) is 0.211. The number of hydrogen-bond donors (Lipinski definition) is 0. The number of carbonyl (C=O) groups is 1. The smallest absolute Gasteiger partial charge is 0.314 e. The molecule has 126 valence electrons. The summed E-state index contributed by atoms with van der Waals surface area (Å²) in [5.74, 6) is 0.795. The zero-order valence-electron chi connectivity index (χ0n) is 13.8. The van der Waals surface area contributed by atoms with Gasteiger partial charge in [0.05, 0.1) is 30.3 Å². The van der Waals surface area contributed by atoms with Crippen LogP contribution >= 0.6 is 0 Å². The maximum atomic E-state index is 11.8. The molecule has 3 aromatic rings. The highest BCUT2D eigenvalue weighted by molar-refractivity contribution is 5.83. The number of rotatable bonds is 5. The van der Waals surface area contributed by atoms with Gasteiger partial charge in [-0.25, -0.2) is 9.66 Å². The van der Waals surface area contributed by atoms with Crippen LogP contribution < -0.4 is 9.47 Å². The lowest BCUT2D eigenvalue weighted by Crippen LogP contribution is -2.10. The van der Waals surface area contributed by atoms with Crippen molar-refractivity contribution in [2.75, 3.05) is 7.11 Å². The Bertz CT molecular complexity index is 957. The van der Waals surface area contributed by atoms with Crippen LogP contribution in [0.3, 0.4) is 0 Å². The van der Waals surface area contributed by atoms with Gasteiger partial charge in [-0.2, -0.15) is 5.10 Å². The van der Waals surface area contributed by atoms with Crippen molar-refractivity contribution in [3.63, 3.8) is 0 Å². The van der Waals surface area contributed by atoms with Crippen molar-refractivity contribution in [2.24, 2.45) is 11.0 Å². The summed E-state index contributed by atoms with van der Waals surface area (Å²) in [6, 6.07) is 13.1. The van der Waals surface area contributed by atoms with Gasteiger partial charge in [0.25, 0.3) is 0 Å². The number of ether oxygens (including phenoxy) is 2. The summed E-state index contributed by atoms with van der Waals surface area (Å²) < 4.78 is 12.4. The lowest BCUT2D eigenvalue weighted by atomic mass is 10.2. The van der Waals surface area contributed by atoms with E-state index in [-0.39, 0.29) is 11.9 Å². The number of esters is 1. The second kappa shape index (κ2) is 6.39. The number of aromatic nitrogens is 2. The summed E-state index contributed by atoms with van der Waals surface area (Å²) in [6.45, 7) is 0. The molecular formula is C19H17N3O3. The lowest BCUT2D eigenvalue weighted by Gasteiger charge is -2.09. The Morgan fingerprint density at radius 3 is 2.88 bits per heavy atom. The predicted octanol–water partition coefficient (Wildman–Crippen LogP) is 3.24. The number of fused-ring (bicyclic) bond motifs is 1. The van der Waals surface area contributed by atoms with Gasteiger partial charge in [0.2, 0.25) is 0 Å². The third-order valence-electron chi connectivity index (χ3n) is 4.07. The van der Waals surface area contributed by atoms with Gasteiger partial charge in [-0.05, 0) is 48.7 Å². The number of methoxy groups -OCH3 is 1. The van der Waals surface area contributed by atoms with Crippen molar-refractivity contribution >= 4 is 23.2 Å². The van der Waals surface area contributed by atoms with E-state index < -0.39 is 0 Å². The van der Waals surface area contributed by atoms with Crippen molar-refractivity contribution in [3.8, 4) is 11.5 Å². The van der Waals surface area contributed by atoms with Gasteiger partial charge in [0.1, 0.15) is 6.33 Å². The second-order valence-electron chi connectivity index (χ2n) is 5.93. The van der Waals surface area contributed by atoms with Gasteiger partial charge in [-0.3, -0.25) is 4.79 Å². The van der Waals surface area contributed by atoms with E-state index in [0.717, 1.165) is 29.4 Å². The van der Waals surface area contributed by atoms with E-state index in [1.165, 1.54) is 0 Å². The fourth-order valence-electron chi connectivity index (χ4n) is 2.53. The summed E-state index contributed by atoms with van der Waals surface area (Å²) in [7, 11) is 1.55. The Morgan fingerprint density at radius 2 is 2.08 bits per heavy atom. The van der Waals surface area contributed by atoms with Gasteiger partial charge in [-0.15, -0.1) is 0 Å². The average Bonchev–Trinajstić information content (AvgIpc) is 3.42. The minimum absolute atomic E-state index is 0.0421. The summed E-state index contributed by atoms with van der Waals surface area (Å²) in [5, 5.41) is 4.43. The Morgan fingerprint density at radius 1 is 1.24 bits per heavy atom. The molecule has 0 unspecified atom stereocenters. The van der Waals surface area contributed by atoms with E-state index in [4.69, 9.17) is 9.47 Å². The van der Waals surface area contributed by atoms with E-state index in [1.807, 2.05) is 30.3 Å². The van der Waals surface area contributed by atoms with Crippen LogP contribution in [-0.4, -0.2) is 29.0 Å². The first kappa shape index (κ1) is 15.4. The number of imidazole rings is 1. The van der Waals surface area contributed by atoms with Gasteiger partial charge in [0.15, 0.2) is 11.5 Å². The fourth-order valence-corrected chi connectivity index (χ4v) is 2.53. The highest BCUT2D eigenvalue weighted by atomic mass is 16.6. The van der Waals surface area contributed by atoms with Crippen LogP contribution in [0.4, 0.5) is 0 Å². The van der Waals surface area contributed by atoms with Crippen LogP contribution in [0.15, 0.2) is 53.9 Å². The molecule has 0 spiro atoms. The largest absolute Gasteiger partial charge is 0.493 e. The van der Waals surface area contributed by atoms with E-state index in [9.17, 15) is 4.79 Å². The van der Waals surface area contributed by atoms with Gasteiger partial charge in [0, 0.05) is 0 Å². The molecule has 0 radical (unpaired) electrons. The maximum Gasteiger partial charge on any atom is 0.314 e. The van der Waals surface area contributed by atoms with Crippen LogP contribution in [0.5, 0.6) is 11.5 Å². The van der Waals surface area contributed by atoms with Crippen LogP contribution in [0.1, 0.15) is 18.4 Å². The van der Waals surface area contributed by atoms with Gasteiger partial charge >= 0.3 is 5.97 Å². The zero-order chi connectivity index (χ0) is 17.2. The minimum Gasteiger partial charge on any atom is -0.493 e. The Kier molecular flexibility index (Phi) is 3.93. The molecule has 2 aromatic carbocycles. The van der Waals surface area contributed by atoms with Crippen LogP contribution in [-0.2, 0) is 4.79 Å². The number of nitrogens with zero attached hydrogens (tertiary/aromatic N) is 3. The van der Waals surface area contributed by atoms with Gasteiger partial charge < -0.3 is 9.47 Å². The minimum atomic E-state index is -0.190. The van der Waals surface area contributed by atoms with Crippen molar-refractivity contribution in [1.29, 1.82) is 0 Å². The molecule has 0 N–H and O–H groups in total. The summed E-state index contributed by atoms with van der Waals surface area (Å²) in [6.07, 6.45) is 5.20. The monoisotopic (exact) mass is 335 g/mol. The lowest BCUT2D eigenvalue weighted by molar-refractivity contribution is -0.135. The van der Waals surface area contributed by atoms with E-state index in [2.05, 4.69) is 10.1 Å². The normalized spacial score (nSPS) is 14.1. The van der Waals surface area contributed by atoms with E-state index in [0.29, 0.717) is 11.5 Å². The molecule has 1 saturated carbocycles. The van der Waals surface area contributed by atoms with Crippen molar-refractivity contribution in [3.05, 3.63) is 54.4 Å². The molecule has 1 aliphatic carbocycles. The SMILES string of the molecule is COc1cc(/C=N\n2cnc3ccccc32)ccc1OC(=O)C1CC1. The standard InChI is InChI=1S/C19H17N3O3/c1-24-18-10-13(6-9-17(18)25-19(23)14-7-8-14)11-21-22-12-20-15-4-2-3-5-16(15)22/h2-6,9-12,14H,7-8H2,1H3/b21-11-. The highest BCUT2D eigenvalue weighted by Crippen LogP contribution is 2.34. The summed E-state index contributed by atoms with van der Waals surface area (Å²) >= 11 is 0. The molecule has 0 saturated heterocycles. The van der Waals surface area contributed by atoms with Crippen molar-refractivity contribution < 1.29 is 14.3 Å². The number of hydrogen-bond acceptors (Lipinski definition) is 5. The molecule has 0 atom stereocenters. The molecule has 0 aliphatic heterocycles.